The average molecular weight is 646 g/mol. The van der Waals surface area contributed by atoms with Crippen LogP contribution < -0.4 is 9.64 Å². The smallest absolute Gasteiger partial charge is 0.416 e. The molecule has 1 N–H and O–H groups in total. The lowest BCUT2D eigenvalue weighted by molar-refractivity contribution is -0.143. The highest BCUT2D eigenvalue weighted by Gasteiger charge is 2.57. The molecule has 0 aromatic heterocycles. The molecule has 0 radical (unpaired) electrons. The molecular weight excluding hydrogens is 620 g/mol. The Bertz CT molecular complexity index is 1780. The Kier molecular flexibility index (Phi) is 7.28. The van der Waals surface area contributed by atoms with Gasteiger partial charge in [-0.3, -0.25) is 19.2 Å². The number of imide groups is 1. The average Bonchev–Trinajstić information content (AvgIpc) is 3.24. The van der Waals surface area contributed by atoms with E-state index in [1.807, 2.05) is 0 Å². The van der Waals surface area contributed by atoms with Gasteiger partial charge in [-0.2, -0.15) is 26.3 Å². The number of amides is 2. The van der Waals surface area contributed by atoms with Crippen molar-refractivity contribution in [2.45, 2.75) is 45.0 Å². The molecule has 2 aromatic rings. The van der Waals surface area contributed by atoms with Gasteiger partial charge in [0.2, 0.25) is 11.8 Å². The van der Waals surface area contributed by atoms with E-state index in [9.17, 15) is 50.6 Å². The first-order valence-corrected chi connectivity index (χ1v) is 14.4. The molecule has 4 aliphatic rings. The minimum atomic E-state index is -5.20. The normalized spacial score (nSPS) is 24.8. The van der Waals surface area contributed by atoms with Crippen molar-refractivity contribution in [3.8, 4) is 11.5 Å². The lowest BCUT2D eigenvalue weighted by Gasteiger charge is -2.42. The molecule has 2 amide bonds. The number of carbonyl (C=O) groups excluding carboxylic acids is 4. The van der Waals surface area contributed by atoms with E-state index >= 15 is 0 Å². The van der Waals surface area contributed by atoms with Gasteiger partial charge in [0.05, 0.1) is 35.3 Å². The van der Waals surface area contributed by atoms with E-state index in [2.05, 4.69) is 0 Å². The second-order valence-corrected chi connectivity index (χ2v) is 11.7. The van der Waals surface area contributed by atoms with E-state index in [1.165, 1.54) is 31.2 Å². The summed E-state index contributed by atoms with van der Waals surface area (Å²) in [5, 5.41) is 10.3. The predicted octanol–water partition coefficient (Wildman–Crippen LogP) is 6.46. The zero-order valence-corrected chi connectivity index (χ0v) is 24.3. The molecule has 0 unspecified atom stereocenters. The third-order valence-electron chi connectivity index (χ3n) is 9.01. The zero-order chi connectivity index (χ0) is 33.5. The standard InChI is InChI=1S/C33H25F6NO6/c1-3-46-25-9-15(4-7-23(25)41)26-19-5-6-20-27(21(19)13-22-24(42)8-14(2)29(43)28(22)26)31(45)40(30(20)44)18-11-16(32(34,35)36)10-17(12-18)33(37,38)39/h4-5,7-12,20-21,26-27,41H,3,6,13H2,1-2H3/t20-,21+,26-,27-/m0/s1. The van der Waals surface area contributed by atoms with Crippen LogP contribution in [0.4, 0.5) is 32.0 Å². The molecule has 46 heavy (non-hydrogen) atoms. The van der Waals surface area contributed by atoms with E-state index < -0.39 is 76.2 Å². The van der Waals surface area contributed by atoms with Gasteiger partial charge >= 0.3 is 12.4 Å². The van der Waals surface area contributed by atoms with Crippen molar-refractivity contribution in [3.63, 3.8) is 0 Å². The third kappa shape index (κ3) is 4.92. The van der Waals surface area contributed by atoms with Gasteiger partial charge in [-0.05, 0) is 74.6 Å². The number of benzene rings is 2. The first-order valence-electron chi connectivity index (χ1n) is 14.4. The Morgan fingerprint density at radius 3 is 2.17 bits per heavy atom. The highest BCUT2D eigenvalue weighted by molar-refractivity contribution is 6.25. The quantitative estimate of drug-likeness (QED) is 0.177. The molecular formula is C33H25F6NO6. The van der Waals surface area contributed by atoms with Crippen LogP contribution in [0.2, 0.25) is 0 Å². The number of allylic oxidation sites excluding steroid dienone is 6. The van der Waals surface area contributed by atoms with Crippen LogP contribution >= 0.6 is 0 Å². The SMILES string of the molecule is CCOc1cc([C@H]2C3=CC[C@@H]4C(=O)N(c5cc(C(F)(F)F)cc(C(F)(F)F)c5)C(=O)[C@@H]4[C@@H]3CC3=C2C(=O)C(C)=CC3=O)ccc1O. The monoisotopic (exact) mass is 645 g/mol. The minimum absolute atomic E-state index is 0.0870. The number of ether oxygens (including phenoxy) is 1. The van der Waals surface area contributed by atoms with E-state index in [0.29, 0.717) is 28.2 Å². The van der Waals surface area contributed by atoms with Crippen molar-refractivity contribution in [3.05, 3.63) is 87.5 Å². The molecule has 13 heteroatoms. The summed E-state index contributed by atoms with van der Waals surface area (Å²) < 4.78 is 87.3. The Morgan fingerprint density at radius 1 is 0.913 bits per heavy atom. The largest absolute Gasteiger partial charge is 0.504 e. The summed E-state index contributed by atoms with van der Waals surface area (Å²) in [6, 6.07) is 4.97. The molecule has 3 aliphatic carbocycles. The van der Waals surface area contributed by atoms with Crippen LogP contribution in [0.5, 0.6) is 11.5 Å². The molecule has 1 fully saturated rings. The van der Waals surface area contributed by atoms with Crippen LogP contribution in [0.1, 0.15) is 49.3 Å². The van der Waals surface area contributed by atoms with Crippen LogP contribution in [-0.4, -0.2) is 35.1 Å². The number of anilines is 1. The summed E-state index contributed by atoms with van der Waals surface area (Å²) in [6.07, 6.45) is -7.81. The fraction of sp³-hybridized carbons (Fsp3) is 0.333. The van der Waals surface area contributed by atoms with Gasteiger partial charge in [-0.1, -0.05) is 17.7 Å². The summed E-state index contributed by atoms with van der Waals surface area (Å²) in [5.74, 6) is -7.08. The van der Waals surface area contributed by atoms with Crippen molar-refractivity contribution >= 4 is 29.1 Å². The Labute approximate surface area is 257 Å². The van der Waals surface area contributed by atoms with E-state index in [4.69, 9.17) is 4.74 Å². The van der Waals surface area contributed by atoms with Gasteiger partial charge in [0, 0.05) is 22.6 Å². The van der Waals surface area contributed by atoms with Gasteiger partial charge in [-0.25, -0.2) is 4.90 Å². The van der Waals surface area contributed by atoms with Crippen LogP contribution in [0.15, 0.2) is 70.8 Å². The zero-order valence-electron chi connectivity index (χ0n) is 24.3. The lowest BCUT2D eigenvalue weighted by atomic mass is 9.59. The number of phenolic OH excluding ortho intramolecular Hbond substituents is 1. The third-order valence-corrected chi connectivity index (χ3v) is 9.01. The van der Waals surface area contributed by atoms with Crippen LogP contribution in [0, 0.1) is 17.8 Å². The maximum absolute atomic E-state index is 14.0. The number of nitrogens with zero attached hydrogens (tertiary/aromatic N) is 1. The number of hydrogen-bond donors (Lipinski definition) is 1. The van der Waals surface area contributed by atoms with Crippen LogP contribution in [-0.2, 0) is 31.5 Å². The maximum atomic E-state index is 14.0. The van der Waals surface area contributed by atoms with Crippen molar-refractivity contribution in [2.24, 2.45) is 17.8 Å². The summed E-state index contributed by atoms with van der Waals surface area (Å²) in [4.78, 5) is 54.8. The highest BCUT2D eigenvalue weighted by Crippen LogP contribution is 2.56. The summed E-state index contributed by atoms with van der Waals surface area (Å²) >= 11 is 0. The molecule has 1 heterocycles. The van der Waals surface area contributed by atoms with Crippen molar-refractivity contribution in [1.29, 1.82) is 0 Å². The molecule has 7 nitrogen and oxygen atoms in total. The van der Waals surface area contributed by atoms with E-state index in [0.717, 1.165) is 0 Å². The van der Waals surface area contributed by atoms with Gasteiger partial charge in [0.25, 0.3) is 0 Å². The van der Waals surface area contributed by atoms with Gasteiger partial charge in [0.1, 0.15) is 0 Å². The Morgan fingerprint density at radius 2 is 1.57 bits per heavy atom. The number of fused-ring (bicyclic) bond motifs is 3. The van der Waals surface area contributed by atoms with Gasteiger partial charge in [-0.15, -0.1) is 0 Å². The van der Waals surface area contributed by atoms with E-state index in [-0.39, 0.29) is 53.7 Å². The number of aromatic hydroxyl groups is 1. The molecule has 1 aliphatic heterocycles. The second kappa shape index (κ2) is 10.7. The van der Waals surface area contributed by atoms with Crippen molar-refractivity contribution < 1.29 is 55.4 Å². The van der Waals surface area contributed by atoms with Gasteiger partial charge < -0.3 is 9.84 Å². The molecule has 6 rings (SSSR count). The number of phenols is 1. The van der Waals surface area contributed by atoms with Crippen molar-refractivity contribution in [1.82, 2.24) is 0 Å². The predicted molar refractivity (Wildman–Crippen MR) is 150 cm³/mol. The van der Waals surface area contributed by atoms with Gasteiger partial charge in [0.15, 0.2) is 23.1 Å². The fourth-order valence-corrected chi connectivity index (χ4v) is 7.04. The molecule has 240 valence electrons. The summed E-state index contributed by atoms with van der Waals surface area (Å²) in [7, 11) is 0. The summed E-state index contributed by atoms with van der Waals surface area (Å²) in [5.41, 5.74) is -2.80. The molecule has 0 spiro atoms. The second-order valence-electron chi connectivity index (χ2n) is 11.7. The maximum Gasteiger partial charge on any atom is 0.416 e. The Hall–Kier alpha value is -4.68. The number of halogens is 6. The number of rotatable bonds is 4. The summed E-state index contributed by atoms with van der Waals surface area (Å²) in [6.45, 7) is 3.38. The van der Waals surface area contributed by atoms with Crippen molar-refractivity contribution in [2.75, 3.05) is 11.5 Å². The highest BCUT2D eigenvalue weighted by atomic mass is 19.4. The number of Topliss-reactive ketones (excluding diaryl/α,β-unsaturated/α-hetero) is 1. The molecule has 0 saturated carbocycles. The Balaban J connectivity index is 1.48. The topological polar surface area (TPSA) is 101 Å². The molecule has 2 aromatic carbocycles. The molecule has 1 saturated heterocycles. The lowest BCUT2D eigenvalue weighted by Crippen LogP contribution is -2.39. The number of ketones is 2. The number of carbonyl (C=O) groups is 4. The van der Waals surface area contributed by atoms with E-state index in [1.54, 1.807) is 13.0 Å². The minimum Gasteiger partial charge on any atom is -0.504 e. The number of hydrogen-bond acceptors (Lipinski definition) is 6. The number of alkyl halides is 6. The van der Waals surface area contributed by atoms with Crippen LogP contribution in [0.25, 0.3) is 0 Å². The molecule has 4 atom stereocenters. The molecule has 0 bridgehead atoms. The fourth-order valence-electron chi connectivity index (χ4n) is 7.04. The first-order chi connectivity index (χ1) is 21.5. The van der Waals surface area contributed by atoms with Crippen LogP contribution in [0.3, 0.4) is 0 Å². The first kappa shape index (κ1) is 31.3.